The third kappa shape index (κ3) is 3.99. The van der Waals surface area contributed by atoms with E-state index in [0.29, 0.717) is 18.9 Å². The summed E-state index contributed by atoms with van der Waals surface area (Å²) < 4.78 is 1.54. The highest BCUT2D eigenvalue weighted by Gasteiger charge is 2.49. The van der Waals surface area contributed by atoms with Crippen molar-refractivity contribution in [2.75, 3.05) is 31.9 Å². The first-order chi connectivity index (χ1) is 14.0. The largest absolute Gasteiger partial charge is 0.384 e. The van der Waals surface area contributed by atoms with Gasteiger partial charge < -0.3 is 15.5 Å². The molecule has 7 nitrogen and oxygen atoms in total. The number of nitrogens with zero attached hydrogens (tertiary/aromatic N) is 4. The van der Waals surface area contributed by atoms with Crippen molar-refractivity contribution in [2.24, 2.45) is 5.41 Å². The summed E-state index contributed by atoms with van der Waals surface area (Å²) in [5.41, 5.74) is 7.54. The van der Waals surface area contributed by atoms with Crippen molar-refractivity contribution >= 4 is 17.6 Å². The number of hydrogen-bond acceptors (Lipinski definition) is 4. The van der Waals surface area contributed by atoms with Gasteiger partial charge >= 0.3 is 0 Å². The van der Waals surface area contributed by atoms with E-state index in [1.807, 2.05) is 34.9 Å². The number of carbonyl (C=O) groups is 2. The highest BCUT2D eigenvalue weighted by atomic mass is 16.2. The minimum absolute atomic E-state index is 0.0223. The van der Waals surface area contributed by atoms with Gasteiger partial charge in [-0.25, -0.2) is 4.68 Å². The number of anilines is 1. The normalized spacial score (nSPS) is 21.9. The van der Waals surface area contributed by atoms with Gasteiger partial charge in [-0.15, -0.1) is 0 Å². The zero-order valence-corrected chi connectivity index (χ0v) is 17.0. The second-order valence-corrected chi connectivity index (χ2v) is 8.35. The average Bonchev–Trinajstić information content (AvgIpc) is 3.28. The standard InChI is InChI=1S/C22H29N5O2/c1-17-14-19(23)27(24-17)15-20(28)26-13-10-22(16-26)9-5-11-25(21(22)29)12-8-18-6-3-2-4-7-18/h2-4,6-7,14H,5,8-13,15-16,23H2,1H3. The van der Waals surface area contributed by atoms with Gasteiger partial charge in [0, 0.05) is 32.2 Å². The van der Waals surface area contributed by atoms with Gasteiger partial charge in [0.25, 0.3) is 0 Å². The molecule has 1 aromatic carbocycles. The molecule has 2 aliphatic heterocycles. The molecule has 2 aromatic rings. The van der Waals surface area contributed by atoms with E-state index < -0.39 is 5.41 Å². The first-order valence-electron chi connectivity index (χ1n) is 10.4. The predicted octanol–water partition coefficient (Wildman–Crippen LogP) is 1.86. The van der Waals surface area contributed by atoms with Crippen LogP contribution in [0.2, 0.25) is 0 Å². The van der Waals surface area contributed by atoms with Crippen molar-refractivity contribution in [3.63, 3.8) is 0 Å². The number of hydrogen-bond donors (Lipinski definition) is 1. The molecule has 2 saturated heterocycles. The Morgan fingerprint density at radius 3 is 2.72 bits per heavy atom. The van der Waals surface area contributed by atoms with Crippen LogP contribution in [0.5, 0.6) is 0 Å². The number of aromatic nitrogens is 2. The van der Waals surface area contributed by atoms with Gasteiger partial charge in [0.2, 0.25) is 11.8 Å². The fourth-order valence-electron chi connectivity index (χ4n) is 4.66. The summed E-state index contributed by atoms with van der Waals surface area (Å²) in [7, 11) is 0. The molecule has 3 heterocycles. The molecular formula is C22H29N5O2. The molecule has 1 spiro atoms. The second-order valence-electron chi connectivity index (χ2n) is 8.35. The fraction of sp³-hybridized carbons (Fsp3) is 0.500. The molecule has 7 heteroatoms. The quantitative estimate of drug-likeness (QED) is 0.837. The average molecular weight is 396 g/mol. The Bertz CT molecular complexity index is 894. The maximum Gasteiger partial charge on any atom is 0.244 e. The Balaban J connectivity index is 1.38. The van der Waals surface area contributed by atoms with Gasteiger partial charge in [0.05, 0.1) is 11.1 Å². The van der Waals surface area contributed by atoms with Gasteiger partial charge in [0.15, 0.2) is 0 Å². The van der Waals surface area contributed by atoms with Gasteiger partial charge in [-0.3, -0.25) is 9.59 Å². The van der Waals surface area contributed by atoms with E-state index in [9.17, 15) is 9.59 Å². The summed E-state index contributed by atoms with van der Waals surface area (Å²) >= 11 is 0. The number of likely N-dealkylation sites (tertiary alicyclic amines) is 2. The highest BCUT2D eigenvalue weighted by Crippen LogP contribution is 2.40. The van der Waals surface area contributed by atoms with Crippen LogP contribution < -0.4 is 5.73 Å². The number of rotatable bonds is 5. The van der Waals surface area contributed by atoms with Crippen LogP contribution in [0.25, 0.3) is 0 Å². The van der Waals surface area contributed by atoms with Crippen LogP contribution in [0.15, 0.2) is 36.4 Å². The fourth-order valence-corrected chi connectivity index (χ4v) is 4.66. The molecule has 154 valence electrons. The smallest absolute Gasteiger partial charge is 0.244 e. The lowest BCUT2D eigenvalue weighted by atomic mass is 9.78. The zero-order valence-electron chi connectivity index (χ0n) is 17.0. The third-order valence-corrected chi connectivity index (χ3v) is 6.26. The number of aryl methyl sites for hydroxylation is 1. The van der Waals surface area contributed by atoms with Crippen LogP contribution in [0, 0.1) is 12.3 Å². The van der Waals surface area contributed by atoms with Gasteiger partial charge in [-0.2, -0.15) is 5.10 Å². The first-order valence-corrected chi connectivity index (χ1v) is 10.4. The molecule has 1 unspecified atom stereocenters. The molecule has 0 bridgehead atoms. The van der Waals surface area contributed by atoms with Crippen LogP contribution in [-0.2, 0) is 22.6 Å². The molecule has 29 heavy (non-hydrogen) atoms. The maximum atomic E-state index is 13.3. The molecule has 0 saturated carbocycles. The van der Waals surface area contributed by atoms with Crippen LogP contribution >= 0.6 is 0 Å². The number of piperidine rings is 1. The lowest BCUT2D eigenvalue weighted by Crippen LogP contribution is -2.51. The van der Waals surface area contributed by atoms with E-state index in [0.717, 1.165) is 44.5 Å². The second kappa shape index (κ2) is 7.89. The Hall–Kier alpha value is -2.83. The molecule has 4 rings (SSSR count). The topological polar surface area (TPSA) is 84.5 Å². The Morgan fingerprint density at radius 1 is 1.21 bits per heavy atom. The molecule has 1 aromatic heterocycles. The number of nitrogens with two attached hydrogens (primary N) is 1. The van der Waals surface area contributed by atoms with Crippen LogP contribution in [0.4, 0.5) is 5.82 Å². The first kappa shape index (κ1) is 19.5. The van der Waals surface area contributed by atoms with Crippen LogP contribution in [0.1, 0.15) is 30.5 Å². The Morgan fingerprint density at radius 2 is 2.00 bits per heavy atom. The summed E-state index contributed by atoms with van der Waals surface area (Å²) in [5, 5.41) is 4.27. The van der Waals surface area contributed by atoms with E-state index in [2.05, 4.69) is 17.2 Å². The summed E-state index contributed by atoms with van der Waals surface area (Å²) in [4.78, 5) is 29.9. The highest BCUT2D eigenvalue weighted by molar-refractivity contribution is 5.86. The number of amides is 2. The number of benzene rings is 1. The summed E-state index contributed by atoms with van der Waals surface area (Å²) in [6.07, 6.45) is 3.46. The minimum Gasteiger partial charge on any atom is -0.384 e. The molecule has 2 aliphatic rings. The van der Waals surface area contributed by atoms with Crippen molar-refractivity contribution in [3.8, 4) is 0 Å². The molecule has 2 amide bonds. The van der Waals surface area contributed by atoms with Crippen molar-refractivity contribution in [3.05, 3.63) is 47.7 Å². The molecule has 0 aliphatic carbocycles. The van der Waals surface area contributed by atoms with Crippen molar-refractivity contribution < 1.29 is 9.59 Å². The number of nitrogen functional groups attached to an aromatic ring is 1. The lowest BCUT2D eigenvalue weighted by molar-refractivity contribution is -0.146. The van der Waals surface area contributed by atoms with Crippen LogP contribution in [-0.4, -0.2) is 57.6 Å². The van der Waals surface area contributed by atoms with E-state index in [1.54, 1.807) is 6.07 Å². The molecule has 1 atom stereocenters. The monoisotopic (exact) mass is 395 g/mol. The van der Waals surface area contributed by atoms with Gasteiger partial charge in [0.1, 0.15) is 12.4 Å². The summed E-state index contributed by atoms with van der Waals surface area (Å²) in [6, 6.07) is 12.0. The Kier molecular flexibility index (Phi) is 5.30. The van der Waals surface area contributed by atoms with Gasteiger partial charge in [-0.1, -0.05) is 30.3 Å². The van der Waals surface area contributed by atoms with Crippen molar-refractivity contribution in [2.45, 2.75) is 39.2 Å². The molecular weight excluding hydrogens is 366 g/mol. The van der Waals surface area contributed by atoms with E-state index >= 15 is 0 Å². The maximum absolute atomic E-state index is 13.3. The molecule has 2 N–H and O–H groups in total. The third-order valence-electron chi connectivity index (χ3n) is 6.26. The van der Waals surface area contributed by atoms with E-state index in [-0.39, 0.29) is 18.4 Å². The van der Waals surface area contributed by atoms with Crippen molar-refractivity contribution in [1.29, 1.82) is 0 Å². The number of carbonyl (C=O) groups excluding carboxylic acids is 2. The molecule has 0 radical (unpaired) electrons. The minimum atomic E-state index is -0.420. The van der Waals surface area contributed by atoms with E-state index in [4.69, 9.17) is 5.73 Å². The SMILES string of the molecule is Cc1cc(N)n(CC(=O)N2CCC3(CCCN(CCc4ccccc4)C3=O)C2)n1. The van der Waals surface area contributed by atoms with Crippen molar-refractivity contribution in [1.82, 2.24) is 19.6 Å². The summed E-state index contributed by atoms with van der Waals surface area (Å²) in [5.74, 6) is 0.681. The predicted molar refractivity (Wildman–Crippen MR) is 111 cm³/mol. The van der Waals surface area contributed by atoms with Crippen LogP contribution in [0.3, 0.4) is 0 Å². The lowest BCUT2D eigenvalue weighted by Gasteiger charge is -2.39. The Labute approximate surface area is 171 Å². The zero-order chi connectivity index (χ0) is 20.4. The van der Waals surface area contributed by atoms with Gasteiger partial charge in [-0.05, 0) is 38.2 Å². The molecule has 2 fully saturated rings. The summed E-state index contributed by atoms with van der Waals surface area (Å²) in [6.45, 7) is 4.66. The van der Waals surface area contributed by atoms with E-state index in [1.165, 1.54) is 10.2 Å².